The van der Waals surface area contributed by atoms with Gasteiger partial charge in [0.25, 0.3) is 0 Å². The van der Waals surface area contributed by atoms with Crippen molar-refractivity contribution in [1.29, 1.82) is 15.8 Å². The molecule has 230 valence electrons. The lowest BCUT2D eigenvalue weighted by Gasteiger charge is -2.18. The molecular formula is C45H25N5. The largest absolute Gasteiger partial charge is 0.309 e. The smallest absolute Gasteiger partial charge is 0.101 e. The van der Waals surface area contributed by atoms with Crippen molar-refractivity contribution in [3.8, 4) is 51.8 Å². The molecule has 0 spiro atoms. The summed E-state index contributed by atoms with van der Waals surface area (Å²) in [6.07, 6.45) is 0. The molecule has 0 unspecified atom stereocenters. The Labute approximate surface area is 287 Å². The van der Waals surface area contributed by atoms with E-state index in [2.05, 4.69) is 100 Å². The molecule has 0 fully saturated rings. The second-order valence-corrected chi connectivity index (χ2v) is 12.3. The Balaban J connectivity index is 1.23. The predicted octanol–water partition coefficient (Wildman–Crippen LogP) is 10.8. The Morgan fingerprint density at radius 1 is 0.400 bits per heavy atom. The summed E-state index contributed by atoms with van der Waals surface area (Å²) >= 11 is 0. The van der Waals surface area contributed by atoms with Crippen molar-refractivity contribution in [3.05, 3.63) is 168 Å². The van der Waals surface area contributed by atoms with Crippen LogP contribution >= 0.6 is 0 Å². The van der Waals surface area contributed by atoms with E-state index in [1.54, 1.807) is 6.07 Å². The van der Waals surface area contributed by atoms with Gasteiger partial charge in [-0.3, -0.25) is 0 Å². The molecule has 2 heterocycles. The molecule has 0 saturated heterocycles. The Hall–Kier alpha value is -7.39. The fourth-order valence-corrected chi connectivity index (χ4v) is 7.50. The Bertz CT molecular complexity index is 2900. The van der Waals surface area contributed by atoms with Crippen LogP contribution in [-0.2, 0) is 0 Å². The van der Waals surface area contributed by atoms with Crippen molar-refractivity contribution in [2.24, 2.45) is 0 Å². The maximum Gasteiger partial charge on any atom is 0.101 e. The van der Waals surface area contributed by atoms with Crippen molar-refractivity contribution in [2.75, 3.05) is 0 Å². The summed E-state index contributed by atoms with van der Waals surface area (Å²) in [5, 5.41) is 35.2. The number of nitriles is 3. The van der Waals surface area contributed by atoms with Gasteiger partial charge in [0.15, 0.2) is 0 Å². The molecule has 5 heteroatoms. The zero-order valence-electron chi connectivity index (χ0n) is 26.7. The molecule has 0 saturated carbocycles. The second-order valence-electron chi connectivity index (χ2n) is 12.3. The zero-order valence-corrected chi connectivity index (χ0v) is 26.7. The van der Waals surface area contributed by atoms with Crippen LogP contribution in [0.25, 0.3) is 77.2 Å². The van der Waals surface area contributed by atoms with Crippen molar-refractivity contribution >= 4 is 43.6 Å². The van der Waals surface area contributed by atoms with Crippen molar-refractivity contribution in [3.63, 3.8) is 0 Å². The highest BCUT2D eigenvalue weighted by Crippen LogP contribution is 2.41. The van der Waals surface area contributed by atoms with Crippen LogP contribution in [0.15, 0.2) is 152 Å². The lowest BCUT2D eigenvalue weighted by Crippen LogP contribution is -2.02. The van der Waals surface area contributed by atoms with E-state index < -0.39 is 0 Å². The van der Waals surface area contributed by atoms with E-state index in [-0.39, 0.29) is 0 Å². The maximum atomic E-state index is 10.8. The van der Waals surface area contributed by atoms with Gasteiger partial charge in [-0.2, -0.15) is 15.8 Å². The molecule has 0 atom stereocenters. The van der Waals surface area contributed by atoms with Crippen LogP contribution in [-0.4, -0.2) is 9.13 Å². The molecule has 50 heavy (non-hydrogen) atoms. The summed E-state index contributed by atoms with van der Waals surface area (Å²) in [5.74, 6) is 0. The van der Waals surface area contributed by atoms with Gasteiger partial charge >= 0.3 is 0 Å². The van der Waals surface area contributed by atoms with Gasteiger partial charge < -0.3 is 9.13 Å². The highest BCUT2D eigenvalue weighted by atomic mass is 15.0. The first-order valence-corrected chi connectivity index (χ1v) is 16.3. The summed E-state index contributed by atoms with van der Waals surface area (Å²) in [6.45, 7) is 0. The topological polar surface area (TPSA) is 81.2 Å². The van der Waals surface area contributed by atoms with E-state index in [1.807, 2.05) is 72.8 Å². The van der Waals surface area contributed by atoms with Crippen LogP contribution in [0.2, 0.25) is 0 Å². The third kappa shape index (κ3) is 4.24. The molecule has 0 amide bonds. The number of rotatable bonds is 4. The van der Waals surface area contributed by atoms with Crippen LogP contribution in [0, 0.1) is 34.0 Å². The molecule has 0 N–H and O–H groups in total. The molecule has 9 aromatic rings. The SMILES string of the molecule is N#Cc1ccc2c(c1)c1ccccc1n2-c1c(C#N)cccc1-c1cccc(-c2ccc(-n3c4ccccc4c4ccccc43)cc2)c1C#N. The van der Waals surface area contributed by atoms with E-state index in [9.17, 15) is 15.8 Å². The van der Waals surface area contributed by atoms with Crippen LogP contribution in [0.5, 0.6) is 0 Å². The first-order chi connectivity index (χ1) is 24.7. The molecule has 7 aromatic carbocycles. The average Bonchev–Trinajstić information content (AvgIpc) is 3.69. The van der Waals surface area contributed by atoms with E-state index in [4.69, 9.17) is 0 Å². The number of nitrogens with zero attached hydrogens (tertiary/aromatic N) is 5. The van der Waals surface area contributed by atoms with Crippen LogP contribution in [0.3, 0.4) is 0 Å². The summed E-state index contributed by atoms with van der Waals surface area (Å²) in [7, 11) is 0. The molecule has 0 aliphatic rings. The first kappa shape index (κ1) is 28.8. The number of aromatic nitrogens is 2. The standard InChI is InChI=1S/C45H25N5/c46-26-29-19-24-44-39(25-29)37-12-3-6-18-43(37)50(44)45-31(27-47)9-7-15-38(45)34-14-8-13-33(40(34)28-48)30-20-22-32(23-21-30)49-41-16-4-1-10-35(41)36-11-2-5-17-42(36)49/h1-25H. The minimum atomic E-state index is 0.485. The number of para-hydroxylation sites is 4. The van der Waals surface area contributed by atoms with Gasteiger partial charge in [-0.25, -0.2) is 0 Å². The van der Waals surface area contributed by atoms with Gasteiger partial charge in [0.2, 0.25) is 0 Å². The van der Waals surface area contributed by atoms with Gasteiger partial charge in [0, 0.05) is 43.9 Å². The van der Waals surface area contributed by atoms with Gasteiger partial charge in [-0.15, -0.1) is 0 Å². The van der Waals surface area contributed by atoms with E-state index in [0.717, 1.165) is 60.8 Å². The van der Waals surface area contributed by atoms with E-state index >= 15 is 0 Å². The van der Waals surface area contributed by atoms with E-state index in [0.29, 0.717) is 22.4 Å². The maximum absolute atomic E-state index is 10.8. The number of benzene rings is 7. The van der Waals surface area contributed by atoms with Gasteiger partial charge in [-0.1, -0.05) is 97.1 Å². The van der Waals surface area contributed by atoms with Gasteiger partial charge in [0.1, 0.15) is 12.1 Å². The average molecular weight is 636 g/mol. The van der Waals surface area contributed by atoms with Crippen LogP contribution in [0.1, 0.15) is 16.7 Å². The lowest BCUT2D eigenvalue weighted by molar-refractivity contribution is 1.17. The van der Waals surface area contributed by atoms with Gasteiger partial charge in [-0.05, 0) is 60.2 Å². The molecule has 0 aliphatic carbocycles. The summed E-state index contributed by atoms with van der Waals surface area (Å²) in [4.78, 5) is 0. The molecule has 2 aromatic heterocycles. The number of hydrogen-bond acceptors (Lipinski definition) is 3. The lowest BCUT2D eigenvalue weighted by atomic mass is 9.90. The number of hydrogen-bond donors (Lipinski definition) is 0. The molecule has 5 nitrogen and oxygen atoms in total. The predicted molar refractivity (Wildman–Crippen MR) is 200 cm³/mol. The monoisotopic (exact) mass is 635 g/mol. The van der Waals surface area contributed by atoms with Gasteiger partial charge in [0.05, 0.1) is 50.5 Å². The molecule has 0 radical (unpaired) electrons. The highest BCUT2D eigenvalue weighted by molar-refractivity contribution is 6.11. The summed E-state index contributed by atoms with van der Waals surface area (Å²) in [6, 6.07) is 57.7. The second kappa shape index (κ2) is 11.4. The normalized spacial score (nSPS) is 11.1. The van der Waals surface area contributed by atoms with E-state index in [1.165, 1.54) is 10.8 Å². The first-order valence-electron chi connectivity index (χ1n) is 16.3. The third-order valence-electron chi connectivity index (χ3n) is 9.66. The van der Waals surface area contributed by atoms with Crippen LogP contribution in [0.4, 0.5) is 0 Å². The highest BCUT2D eigenvalue weighted by Gasteiger charge is 2.22. The Kier molecular flexibility index (Phi) is 6.56. The van der Waals surface area contributed by atoms with Crippen molar-refractivity contribution in [1.82, 2.24) is 9.13 Å². The minimum absolute atomic E-state index is 0.485. The molecule has 0 bridgehead atoms. The summed E-state index contributed by atoms with van der Waals surface area (Å²) in [5.41, 5.74) is 10.6. The minimum Gasteiger partial charge on any atom is -0.309 e. The molecule has 0 aliphatic heterocycles. The number of fused-ring (bicyclic) bond motifs is 6. The van der Waals surface area contributed by atoms with Crippen molar-refractivity contribution in [2.45, 2.75) is 0 Å². The molecular weight excluding hydrogens is 611 g/mol. The molecule has 9 rings (SSSR count). The zero-order chi connectivity index (χ0) is 33.8. The Morgan fingerprint density at radius 3 is 1.60 bits per heavy atom. The fourth-order valence-electron chi connectivity index (χ4n) is 7.50. The Morgan fingerprint density at radius 2 is 0.960 bits per heavy atom. The van der Waals surface area contributed by atoms with Crippen LogP contribution < -0.4 is 0 Å². The quantitative estimate of drug-likeness (QED) is 0.193. The third-order valence-corrected chi connectivity index (χ3v) is 9.66. The van der Waals surface area contributed by atoms with Crippen molar-refractivity contribution < 1.29 is 0 Å². The summed E-state index contributed by atoms with van der Waals surface area (Å²) < 4.78 is 4.37. The fraction of sp³-hybridized carbons (Fsp3) is 0.